The first-order valence-electron chi connectivity index (χ1n) is 7.92. The van der Waals surface area contributed by atoms with Crippen LogP contribution in [0, 0.1) is 5.92 Å². The molecule has 0 saturated heterocycles. The van der Waals surface area contributed by atoms with Crippen LogP contribution in [-0.4, -0.2) is 18.1 Å². The standard InChI is InChI=1S/C19H21ClN2O2S/c1-12(2)18(23)22-14-6-4-13(5-7-14)11-21-19(24)16-10-15(25-3)8-9-17(16)20/h4-10,12H,11H2,1-3H3,(H,21,24)(H,22,23). The lowest BCUT2D eigenvalue weighted by molar-refractivity contribution is -0.118. The largest absolute Gasteiger partial charge is 0.348 e. The Morgan fingerprint density at radius 3 is 2.40 bits per heavy atom. The molecule has 0 spiro atoms. The maximum absolute atomic E-state index is 12.3. The summed E-state index contributed by atoms with van der Waals surface area (Å²) < 4.78 is 0. The van der Waals surface area contributed by atoms with Gasteiger partial charge in [0, 0.05) is 23.0 Å². The number of thioether (sulfide) groups is 1. The van der Waals surface area contributed by atoms with Gasteiger partial charge in [-0.25, -0.2) is 0 Å². The molecule has 0 aliphatic heterocycles. The highest BCUT2D eigenvalue weighted by Gasteiger charge is 2.11. The number of nitrogens with one attached hydrogen (secondary N) is 2. The van der Waals surface area contributed by atoms with E-state index in [1.165, 1.54) is 0 Å². The number of hydrogen-bond acceptors (Lipinski definition) is 3. The number of carbonyl (C=O) groups excluding carboxylic acids is 2. The van der Waals surface area contributed by atoms with Gasteiger partial charge < -0.3 is 10.6 Å². The average molecular weight is 377 g/mol. The van der Waals surface area contributed by atoms with Gasteiger partial charge in [0.1, 0.15) is 0 Å². The number of amides is 2. The van der Waals surface area contributed by atoms with Gasteiger partial charge in [0.15, 0.2) is 0 Å². The minimum atomic E-state index is -0.210. The Morgan fingerprint density at radius 1 is 1.12 bits per heavy atom. The highest BCUT2D eigenvalue weighted by Crippen LogP contribution is 2.23. The molecule has 0 radical (unpaired) electrons. The van der Waals surface area contributed by atoms with Crippen LogP contribution in [-0.2, 0) is 11.3 Å². The molecule has 2 aromatic rings. The fourth-order valence-corrected chi connectivity index (χ4v) is 2.72. The van der Waals surface area contributed by atoms with Crippen molar-refractivity contribution < 1.29 is 9.59 Å². The van der Waals surface area contributed by atoms with Crippen molar-refractivity contribution in [3.05, 3.63) is 58.6 Å². The van der Waals surface area contributed by atoms with Gasteiger partial charge >= 0.3 is 0 Å². The summed E-state index contributed by atoms with van der Waals surface area (Å²) in [6, 6.07) is 12.8. The molecule has 0 atom stereocenters. The Labute approximate surface area is 157 Å². The van der Waals surface area contributed by atoms with Crippen LogP contribution in [0.3, 0.4) is 0 Å². The van der Waals surface area contributed by atoms with E-state index in [1.807, 2.05) is 50.4 Å². The third kappa shape index (κ3) is 5.51. The smallest absolute Gasteiger partial charge is 0.253 e. The molecular formula is C19H21ClN2O2S. The third-order valence-corrected chi connectivity index (χ3v) is 4.67. The third-order valence-electron chi connectivity index (χ3n) is 3.62. The van der Waals surface area contributed by atoms with Gasteiger partial charge in [0.25, 0.3) is 5.91 Å². The number of hydrogen-bond donors (Lipinski definition) is 2. The predicted octanol–water partition coefficient (Wildman–Crippen LogP) is 4.59. The average Bonchev–Trinajstić information content (AvgIpc) is 2.61. The first-order valence-corrected chi connectivity index (χ1v) is 9.52. The summed E-state index contributed by atoms with van der Waals surface area (Å²) in [5, 5.41) is 6.13. The fourth-order valence-electron chi connectivity index (χ4n) is 2.08. The van der Waals surface area contributed by atoms with Crippen molar-refractivity contribution in [2.45, 2.75) is 25.3 Å². The van der Waals surface area contributed by atoms with Gasteiger partial charge in [-0.15, -0.1) is 11.8 Å². The van der Waals surface area contributed by atoms with Crippen molar-refractivity contribution >= 4 is 40.9 Å². The Balaban J connectivity index is 1.97. The van der Waals surface area contributed by atoms with Crippen LogP contribution in [0.2, 0.25) is 5.02 Å². The molecule has 0 aliphatic carbocycles. The molecule has 6 heteroatoms. The number of carbonyl (C=O) groups is 2. The quantitative estimate of drug-likeness (QED) is 0.725. The maximum Gasteiger partial charge on any atom is 0.253 e. The lowest BCUT2D eigenvalue weighted by Crippen LogP contribution is -2.23. The van der Waals surface area contributed by atoms with Gasteiger partial charge in [0.05, 0.1) is 10.6 Å². The van der Waals surface area contributed by atoms with Crippen molar-refractivity contribution in [2.24, 2.45) is 5.92 Å². The van der Waals surface area contributed by atoms with Gasteiger partial charge in [-0.05, 0) is 42.2 Å². The molecular weight excluding hydrogens is 356 g/mol. The molecule has 2 amide bonds. The van der Waals surface area contributed by atoms with Crippen LogP contribution in [0.4, 0.5) is 5.69 Å². The minimum Gasteiger partial charge on any atom is -0.348 e. The van der Waals surface area contributed by atoms with Crippen LogP contribution in [0.25, 0.3) is 0 Å². The Hall–Kier alpha value is -1.98. The van der Waals surface area contributed by atoms with Gasteiger partial charge in [-0.2, -0.15) is 0 Å². The van der Waals surface area contributed by atoms with Crippen molar-refractivity contribution in [2.75, 3.05) is 11.6 Å². The minimum absolute atomic E-state index is 0.0237. The Bertz CT molecular complexity index is 761. The summed E-state index contributed by atoms with van der Waals surface area (Å²) in [7, 11) is 0. The molecule has 4 nitrogen and oxygen atoms in total. The van der Waals surface area contributed by atoms with Crippen LogP contribution in [0.1, 0.15) is 29.8 Å². The zero-order chi connectivity index (χ0) is 18.4. The van der Waals surface area contributed by atoms with E-state index >= 15 is 0 Å². The number of anilines is 1. The first-order chi connectivity index (χ1) is 11.9. The monoisotopic (exact) mass is 376 g/mol. The first kappa shape index (κ1) is 19.3. The molecule has 2 aromatic carbocycles. The summed E-state index contributed by atoms with van der Waals surface area (Å²) >= 11 is 7.67. The van der Waals surface area contributed by atoms with Crippen LogP contribution < -0.4 is 10.6 Å². The maximum atomic E-state index is 12.3. The van der Waals surface area contributed by atoms with Gasteiger partial charge in [-0.3, -0.25) is 9.59 Å². The molecule has 0 aromatic heterocycles. The van der Waals surface area contributed by atoms with Crippen molar-refractivity contribution in [3.8, 4) is 0 Å². The van der Waals surface area contributed by atoms with Gasteiger partial charge in [0.2, 0.25) is 5.91 Å². The van der Waals surface area contributed by atoms with Crippen molar-refractivity contribution in [3.63, 3.8) is 0 Å². The van der Waals surface area contributed by atoms with E-state index in [2.05, 4.69) is 10.6 Å². The van der Waals surface area contributed by atoms with Crippen molar-refractivity contribution in [1.82, 2.24) is 5.32 Å². The van der Waals surface area contributed by atoms with E-state index in [0.29, 0.717) is 17.1 Å². The number of rotatable bonds is 6. The molecule has 0 fully saturated rings. The molecule has 132 valence electrons. The summed E-state index contributed by atoms with van der Waals surface area (Å²) in [5.74, 6) is -0.303. The van der Waals surface area contributed by atoms with E-state index in [-0.39, 0.29) is 17.7 Å². The lowest BCUT2D eigenvalue weighted by atomic mass is 10.1. The lowest BCUT2D eigenvalue weighted by Gasteiger charge is -2.10. The van der Waals surface area contributed by atoms with E-state index in [9.17, 15) is 9.59 Å². The molecule has 0 aliphatic rings. The highest BCUT2D eigenvalue weighted by atomic mass is 35.5. The number of halogens is 1. The van der Waals surface area contributed by atoms with E-state index in [1.54, 1.807) is 23.9 Å². The summed E-state index contributed by atoms with van der Waals surface area (Å²) in [6.07, 6.45) is 1.95. The SMILES string of the molecule is CSc1ccc(Cl)c(C(=O)NCc2ccc(NC(=O)C(C)C)cc2)c1. The van der Waals surface area contributed by atoms with Crippen LogP contribution in [0.5, 0.6) is 0 Å². The summed E-state index contributed by atoms with van der Waals surface area (Å²) in [4.78, 5) is 25.0. The Morgan fingerprint density at radius 2 is 1.80 bits per heavy atom. The number of benzene rings is 2. The predicted molar refractivity (Wildman–Crippen MR) is 104 cm³/mol. The van der Waals surface area contributed by atoms with Gasteiger partial charge in [-0.1, -0.05) is 37.6 Å². The highest BCUT2D eigenvalue weighted by molar-refractivity contribution is 7.98. The zero-order valence-electron chi connectivity index (χ0n) is 14.4. The second-order valence-electron chi connectivity index (χ2n) is 5.87. The fraction of sp³-hybridized carbons (Fsp3) is 0.263. The zero-order valence-corrected chi connectivity index (χ0v) is 16.0. The second-order valence-corrected chi connectivity index (χ2v) is 7.16. The normalized spacial score (nSPS) is 10.6. The van der Waals surface area contributed by atoms with E-state index < -0.39 is 0 Å². The molecule has 0 heterocycles. The van der Waals surface area contributed by atoms with E-state index in [0.717, 1.165) is 16.1 Å². The molecule has 2 rings (SSSR count). The van der Waals surface area contributed by atoms with Crippen molar-refractivity contribution in [1.29, 1.82) is 0 Å². The topological polar surface area (TPSA) is 58.2 Å². The molecule has 2 N–H and O–H groups in total. The van der Waals surface area contributed by atoms with Crippen LogP contribution >= 0.6 is 23.4 Å². The molecule has 0 unspecified atom stereocenters. The van der Waals surface area contributed by atoms with E-state index in [4.69, 9.17) is 11.6 Å². The second kappa shape index (κ2) is 8.92. The summed E-state index contributed by atoms with van der Waals surface area (Å²) in [5.41, 5.74) is 2.15. The molecule has 25 heavy (non-hydrogen) atoms. The summed E-state index contributed by atoms with van der Waals surface area (Å²) in [6.45, 7) is 4.07. The molecule has 0 saturated carbocycles. The van der Waals surface area contributed by atoms with Crippen LogP contribution in [0.15, 0.2) is 47.4 Å². The molecule has 0 bridgehead atoms. The Kier molecular flexibility index (Phi) is 6.91.